The highest BCUT2D eigenvalue weighted by molar-refractivity contribution is 5.98. The van der Waals surface area contributed by atoms with E-state index in [9.17, 15) is 61.1 Å². The van der Waals surface area contributed by atoms with Crippen LogP contribution in [0.15, 0.2) is 0 Å². The molecule has 2 heterocycles. The number of amides is 10. The van der Waals surface area contributed by atoms with Gasteiger partial charge >= 0.3 is 6.18 Å². The third-order valence-corrected chi connectivity index (χ3v) is 19.8. The van der Waals surface area contributed by atoms with Crippen molar-refractivity contribution in [3.8, 4) is 0 Å². The fourth-order valence-electron chi connectivity index (χ4n) is 13.2. The van der Waals surface area contributed by atoms with Gasteiger partial charge in [-0.05, 0) is 128 Å². The maximum absolute atomic E-state index is 15.2. The van der Waals surface area contributed by atoms with Crippen LogP contribution in [-0.4, -0.2) is 228 Å². The number of hydrogen-bond donors (Lipinski definition) is 4. The number of nitrogens with zero attached hydrogens (tertiary/aromatic N) is 7. The van der Waals surface area contributed by atoms with E-state index in [2.05, 4.69) is 21.3 Å². The Morgan fingerprint density at radius 2 is 1.20 bits per heavy atom. The van der Waals surface area contributed by atoms with E-state index in [0.29, 0.717) is 19.3 Å². The number of carbonyl (C=O) groups excluding carboxylic acids is 10. The molecule has 4 fully saturated rings. The fourth-order valence-corrected chi connectivity index (χ4v) is 13.2. The zero-order valence-corrected chi connectivity index (χ0v) is 57.8. The summed E-state index contributed by atoms with van der Waals surface area (Å²) in [6, 6.07) is -7.92. The maximum Gasteiger partial charge on any atom is 0.394 e. The van der Waals surface area contributed by atoms with Crippen molar-refractivity contribution in [3.05, 3.63) is 0 Å². The van der Waals surface area contributed by atoms with Gasteiger partial charge in [-0.3, -0.25) is 52.8 Å². The molecule has 520 valence electrons. The van der Waals surface area contributed by atoms with Crippen molar-refractivity contribution in [1.29, 1.82) is 0 Å². The van der Waals surface area contributed by atoms with Crippen LogP contribution >= 0.6 is 0 Å². The lowest BCUT2D eigenvalue weighted by Crippen LogP contribution is -2.63. The molecule has 0 bridgehead atoms. The van der Waals surface area contributed by atoms with E-state index in [-0.39, 0.29) is 94.2 Å². The Labute approximate surface area is 539 Å². The van der Waals surface area contributed by atoms with Crippen LogP contribution in [0.4, 0.5) is 17.6 Å². The summed E-state index contributed by atoms with van der Waals surface area (Å²) in [6.07, 6.45) is -1.00. The average molecular weight is 1300 g/mol. The van der Waals surface area contributed by atoms with Gasteiger partial charge in [-0.2, -0.15) is 13.2 Å². The van der Waals surface area contributed by atoms with E-state index in [0.717, 1.165) is 32.1 Å². The van der Waals surface area contributed by atoms with Gasteiger partial charge in [-0.25, -0.2) is 4.39 Å². The number of fused-ring (bicyclic) bond motifs is 1. The monoisotopic (exact) mass is 1300 g/mol. The predicted molar refractivity (Wildman–Crippen MR) is 340 cm³/mol. The Bertz CT molecular complexity index is 2500. The van der Waals surface area contributed by atoms with E-state index >= 15 is 4.39 Å². The predicted octanol–water partition coefficient (Wildman–Crippen LogP) is 6.31. The van der Waals surface area contributed by atoms with Crippen LogP contribution in [0.1, 0.15) is 185 Å². The molecule has 4 aliphatic rings. The second-order valence-corrected chi connectivity index (χ2v) is 29.0. The SMILES string of the molecule is CC[C@H](C)[C@@H]1NC(=O)[C@H](CC(C)C)N(C)C(=O)C[C@@H](C)N(C)C(=O)[C@H](CC(C)C)NC(=O)C(C)(C)N(C)C(=O)[C@H](CC(C)C)NC(=O)[C@H](CCC2CCC(C(F)(F)F)C(F)C2)NC(=O)CN(C)C[C@H](CC2CCCCC2)N(C)C(=O)[C@@H]2CCN2C(=O)CN(C)C1=O. The molecular weight excluding hydrogens is 1180 g/mol. The quantitative estimate of drug-likeness (QED) is 0.149. The number of nitrogens with one attached hydrogen (secondary N) is 4. The van der Waals surface area contributed by atoms with Gasteiger partial charge in [0, 0.05) is 66.8 Å². The van der Waals surface area contributed by atoms with E-state index in [4.69, 9.17) is 0 Å². The molecule has 2 saturated carbocycles. The molecule has 4 rings (SSSR count). The summed E-state index contributed by atoms with van der Waals surface area (Å²) >= 11 is 0. The molecule has 91 heavy (non-hydrogen) atoms. The second-order valence-electron chi connectivity index (χ2n) is 29.0. The summed E-state index contributed by atoms with van der Waals surface area (Å²) in [4.78, 5) is 155. The van der Waals surface area contributed by atoms with Crippen molar-refractivity contribution in [2.45, 2.75) is 252 Å². The zero-order chi connectivity index (χ0) is 68.7. The molecule has 21 nitrogen and oxygen atoms in total. The minimum absolute atomic E-state index is 0.0407. The average Bonchev–Trinajstić information content (AvgIpc) is 0.903. The van der Waals surface area contributed by atoms with Crippen LogP contribution in [-0.2, 0) is 47.9 Å². The fraction of sp³-hybridized carbons (Fsp3) is 0.848. The third kappa shape index (κ3) is 22.0. The van der Waals surface area contributed by atoms with Crippen molar-refractivity contribution >= 4 is 59.1 Å². The first-order valence-corrected chi connectivity index (χ1v) is 33.5. The standard InChI is InChI=1S/C66H113F4N11O10/c1-18-42(8)57-63(90)76(13)38-56(84)81-29-28-52(81)62(89)78(15)46(34-44-22-20-19-21-23-44)36-75(12)37-54(82)71-49(27-25-45-24-26-47(48(67)35-45)66(68,69)70)58(85)72-51(31-40(4)5)61(88)80(17)65(10,11)64(91)73-50(30-39(2)3)60(87)77(14)43(9)33-55(83)79(16)53(32-41(6)7)59(86)74-57/h39-53,57H,18-38H2,1-17H3,(H,71,82)(H,72,85)(H,73,91)(H,74,86)/t42-,43+,45?,46-,47?,48?,49-,50-,51-,52-,53-,57-/m0/s1. The lowest BCUT2D eigenvalue weighted by Gasteiger charge is -2.44. The smallest absolute Gasteiger partial charge is 0.343 e. The van der Waals surface area contributed by atoms with Crippen molar-refractivity contribution < 1.29 is 65.5 Å². The number of hydrogen-bond acceptors (Lipinski definition) is 11. The zero-order valence-electron chi connectivity index (χ0n) is 57.8. The van der Waals surface area contributed by atoms with Gasteiger partial charge in [0.1, 0.15) is 48.0 Å². The van der Waals surface area contributed by atoms with Gasteiger partial charge in [0.25, 0.3) is 0 Å². The van der Waals surface area contributed by atoms with E-state index in [1.165, 1.54) is 66.5 Å². The van der Waals surface area contributed by atoms with Crippen molar-refractivity contribution in [1.82, 2.24) is 55.6 Å². The number of halogens is 4. The molecule has 25 heteroatoms. The molecule has 0 spiro atoms. The Morgan fingerprint density at radius 1 is 0.604 bits per heavy atom. The van der Waals surface area contributed by atoms with Gasteiger partial charge in [-0.15, -0.1) is 0 Å². The second kappa shape index (κ2) is 34.5. The van der Waals surface area contributed by atoms with Gasteiger partial charge in [-0.1, -0.05) is 93.9 Å². The van der Waals surface area contributed by atoms with Gasteiger partial charge in [0.2, 0.25) is 59.1 Å². The van der Waals surface area contributed by atoms with Crippen molar-refractivity contribution in [2.75, 3.05) is 68.5 Å². The highest BCUT2D eigenvalue weighted by atomic mass is 19.4. The molecular formula is C66H113F4N11O10. The lowest BCUT2D eigenvalue weighted by molar-refractivity contribution is -0.201. The number of carbonyl (C=O) groups is 10. The van der Waals surface area contributed by atoms with Gasteiger partial charge < -0.3 is 50.7 Å². The summed E-state index contributed by atoms with van der Waals surface area (Å²) in [7, 11) is 9.25. The van der Waals surface area contributed by atoms with Crippen LogP contribution in [0.2, 0.25) is 0 Å². The van der Waals surface area contributed by atoms with Crippen LogP contribution in [0.5, 0.6) is 0 Å². The first kappa shape index (κ1) is 77.8. The lowest BCUT2D eigenvalue weighted by atomic mass is 9.78. The van der Waals surface area contributed by atoms with Gasteiger partial charge in [0.15, 0.2) is 0 Å². The van der Waals surface area contributed by atoms with Crippen LogP contribution in [0.3, 0.4) is 0 Å². The Balaban J connectivity index is 1.79. The molecule has 0 aromatic rings. The summed E-state index contributed by atoms with van der Waals surface area (Å²) in [5, 5.41) is 11.5. The highest BCUT2D eigenvalue weighted by Crippen LogP contribution is 2.43. The molecule has 2 aliphatic heterocycles. The van der Waals surface area contributed by atoms with Crippen LogP contribution in [0, 0.1) is 41.4 Å². The molecule has 0 radical (unpaired) electrons. The molecule has 0 aromatic carbocycles. The van der Waals surface area contributed by atoms with Crippen molar-refractivity contribution in [2.24, 2.45) is 41.4 Å². The molecule has 10 amide bonds. The summed E-state index contributed by atoms with van der Waals surface area (Å²) in [5.74, 6) is -8.88. The molecule has 2 saturated heterocycles. The first-order chi connectivity index (χ1) is 42.3. The maximum atomic E-state index is 15.2. The first-order valence-electron chi connectivity index (χ1n) is 33.5. The molecule has 0 aromatic heterocycles. The van der Waals surface area contributed by atoms with Crippen molar-refractivity contribution in [3.63, 3.8) is 0 Å². The number of likely N-dealkylation sites (N-methyl/N-ethyl adjacent to an activating group) is 6. The summed E-state index contributed by atoms with van der Waals surface area (Å²) < 4.78 is 56.4. The summed E-state index contributed by atoms with van der Waals surface area (Å²) in [5.41, 5.74) is -1.66. The van der Waals surface area contributed by atoms with E-state index in [1.807, 2.05) is 55.4 Å². The molecule has 12 atom stereocenters. The van der Waals surface area contributed by atoms with E-state index in [1.54, 1.807) is 30.8 Å². The molecule has 2 aliphatic carbocycles. The summed E-state index contributed by atoms with van der Waals surface area (Å²) in [6.45, 7) is 19.3. The minimum atomic E-state index is -4.72. The van der Waals surface area contributed by atoms with Gasteiger partial charge in [0.05, 0.1) is 19.0 Å². The van der Waals surface area contributed by atoms with Crippen LogP contribution < -0.4 is 21.3 Å². The molecule has 4 N–H and O–H groups in total. The normalized spacial score (nSPS) is 29.9. The largest absolute Gasteiger partial charge is 0.394 e. The topological polar surface area (TPSA) is 242 Å². The highest BCUT2D eigenvalue weighted by Gasteiger charge is 2.49. The van der Waals surface area contributed by atoms with E-state index < -0.39 is 157 Å². The number of rotatable bonds is 13. The Hall–Kier alpha value is -5.62. The Morgan fingerprint density at radius 3 is 1.74 bits per heavy atom. The number of alkyl halides is 4. The molecule has 3 unspecified atom stereocenters. The minimum Gasteiger partial charge on any atom is -0.343 e. The third-order valence-electron chi connectivity index (χ3n) is 19.8. The Kier molecular flexibility index (Phi) is 29.5. The van der Waals surface area contributed by atoms with Crippen LogP contribution in [0.25, 0.3) is 0 Å².